The number of fused-ring (bicyclic) bond motifs is 1. The zero-order valence-electron chi connectivity index (χ0n) is 23.3. The van der Waals surface area contributed by atoms with Crippen molar-refractivity contribution in [2.75, 3.05) is 19.7 Å². The van der Waals surface area contributed by atoms with E-state index in [4.69, 9.17) is 9.47 Å². The number of aryl methyl sites for hydroxylation is 1. The molecule has 1 heterocycles. The number of hydroxylamine groups is 2. The van der Waals surface area contributed by atoms with Crippen LogP contribution in [0.1, 0.15) is 41.9 Å². The minimum absolute atomic E-state index is 0.0275. The molecule has 2 unspecified atom stereocenters. The Kier molecular flexibility index (Phi) is 9.77. The number of hydrogen-bond donors (Lipinski definition) is 0. The SMILES string of the molecule is O=C(ON1CCC(c2ccc(OCCCCc3ccccc3)cc2)C(OCc2ccc3ccccc3c2)C1)C(F)(F)F. The van der Waals surface area contributed by atoms with Crippen LogP contribution >= 0.6 is 0 Å². The Morgan fingerprint density at radius 1 is 0.833 bits per heavy atom. The normalized spacial score (nSPS) is 17.7. The van der Waals surface area contributed by atoms with Gasteiger partial charge in [0.1, 0.15) is 5.75 Å². The average molecular weight is 578 g/mol. The van der Waals surface area contributed by atoms with Crippen LogP contribution in [0.3, 0.4) is 0 Å². The number of rotatable bonds is 11. The van der Waals surface area contributed by atoms with E-state index in [1.807, 2.05) is 84.9 Å². The van der Waals surface area contributed by atoms with Gasteiger partial charge in [-0.3, -0.25) is 0 Å². The summed E-state index contributed by atoms with van der Waals surface area (Å²) in [7, 11) is 0. The van der Waals surface area contributed by atoms with Crippen LogP contribution in [0.5, 0.6) is 5.75 Å². The Morgan fingerprint density at radius 2 is 1.57 bits per heavy atom. The number of alkyl halides is 3. The third-order valence-electron chi connectivity index (χ3n) is 7.52. The number of unbranched alkanes of at least 4 members (excludes halogenated alkanes) is 1. The number of benzene rings is 4. The van der Waals surface area contributed by atoms with Crippen molar-refractivity contribution in [1.82, 2.24) is 5.06 Å². The van der Waals surface area contributed by atoms with Crippen LogP contribution in [0.4, 0.5) is 13.2 Å². The highest BCUT2D eigenvalue weighted by molar-refractivity contribution is 5.82. The fourth-order valence-electron chi connectivity index (χ4n) is 5.30. The summed E-state index contributed by atoms with van der Waals surface area (Å²) in [5.41, 5.74) is 3.27. The Hall–Kier alpha value is -3.88. The van der Waals surface area contributed by atoms with Crippen LogP contribution in [0.15, 0.2) is 97.1 Å². The molecular weight excluding hydrogens is 543 g/mol. The Bertz CT molecular complexity index is 1440. The molecule has 1 aliphatic rings. The molecule has 0 radical (unpaired) electrons. The lowest BCUT2D eigenvalue weighted by atomic mass is 9.87. The highest BCUT2D eigenvalue weighted by Gasteiger charge is 2.44. The molecule has 0 N–H and O–H groups in total. The number of carbonyl (C=O) groups is 1. The summed E-state index contributed by atoms with van der Waals surface area (Å²) in [6.07, 6.45) is -2.09. The second-order valence-electron chi connectivity index (χ2n) is 10.6. The molecule has 2 atom stereocenters. The number of nitrogens with zero attached hydrogens (tertiary/aromatic N) is 1. The van der Waals surface area contributed by atoms with E-state index in [1.54, 1.807) is 0 Å². The molecule has 4 aromatic carbocycles. The smallest absolute Gasteiger partial charge is 0.492 e. The predicted octanol–water partition coefficient (Wildman–Crippen LogP) is 7.64. The van der Waals surface area contributed by atoms with Crippen molar-refractivity contribution in [3.8, 4) is 5.75 Å². The van der Waals surface area contributed by atoms with Gasteiger partial charge in [0.25, 0.3) is 0 Å². The molecule has 0 aliphatic carbocycles. The molecular formula is C34H34F3NO4. The van der Waals surface area contributed by atoms with Gasteiger partial charge < -0.3 is 14.3 Å². The van der Waals surface area contributed by atoms with Gasteiger partial charge in [0.15, 0.2) is 0 Å². The summed E-state index contributed by atoms with van der Waals surface area (Å²) in [6, 6.07) is 32.2. The monoisotopic (exact) mass is 577 g/mol. The summed E-state index contributed by atoms with van der Waals surface area (Å²) < 4.78 is 50.8. The van der Waals surface area contributed by atoms with Crippen molar-refractivity contribution in [3.63, 3.8) is 0 Å². The second kappa shape index (κ2) is 13.9. The molecule has 5 rings (SSSR count). The summed E-state index contributed by atoms with van der Waals surface area (Å²) >= 11 is 0. The number of ether oxygens (including phenoxy) is 2. The minimum atomic E-state index is -5.06. The van der Waals surface area contributed by atoms with Gasteiger partial charge in [-0.2, -0.15) is 13.2 Å². The fourth-order valence-corrected chi connectivity index (χ4v) is 5.30. The van der Waals surface area contributed by atoms with Crippen molar-refractivity contribution in [3.05, 3.63) is 114 Å². The van der Waals surface area contributed by atoms with Gasteiger partial charge in [0.2, 0.25) is 0 Å². The van der Waals surface area contributed by atoms with Gasteiger partial charge in [0, 0.05) is 12.5 Å². The largest absolute Gasteiger partial charge is 0.494 e. The van der Waals surface area contributed by atoms with Crippen LogP contribution in [0, 0.1) is 0 Å². The van der Waals surface area contributed by atoms with Crippen LogP contribution in [0.25, 0.3) is 10.8 Å². The van der Waals surface area contributed by atoms with E-state index in [9.17, 15) is 18.0 Å². The summed E-state index contributed by atoms with van der Waals surface area (Å²) in [6.45, 7) is 1.09. The topological polar surface area (TPSA) is 48.0 Å². The molecule has 0 saturated carbocycles. The highest BCUT2D eigenvalue weighted by atomic mass is 19.4. The minimum Gasteiger partial charge on any atom is -0.494 e. The van der Waals surface area contributed by atoms with Gasteiger partial charge in [-0.1, -0.05) is 78.9 Å². The lowest BCUT2D eigenvalue weighted by Crippen LogP contribution is -2.46. The second-order valence-corrected chi connectivity index (χ2v) is 10.6. The summed E-state index contributed by atoms with van der Waals surface area (Å²) in [5, 5.41) is 3.25. The first-order chi connectivity index (χ1) is 20.3. The number of piperidine rings is 1. The predicted molar refractivity (Wildman–Crippen MR) is 155 cm³/mol. The first kappa shape index (κ1) is 29.6. The summed E-state index contributed by atoms with van der Waals surface area (Å²) in [5.74, 6) is -1.55. The van der Waals surface area contributed by atoms with Crippen molar-refractivity contribution >= 4 is 16.7 Å². The van der Waals surface area contributed by atoms with Gasteiger partial charge in [0.05, 0.1) is 25.9 Å². The van der Waals surface area contributed by atoms with Crippen molar-refractivity contribution < 1.29 is 32.3 Å². The maximum Gasteiger partial charge on any atom is 0.492 e. The first-order valence-corrected chi connectivity index (χ1v) is 14.3. The fraction of sp³-hybridized carbons (Fsp3) is 0.324. The van der Waals surface area contributed by atoms with Gasteiger partial charge in [-0.15, -0.1) is 5.06 Å². The van der Waals surface area contributed by atoms with Gasteiger partial charge in [-0.05, 0) is 71.3 Å². The van der Waals surface area contributed by atoms with E-state index in [1.165, 1.54) is 5.56 Å². The molecule has 0 aromatic heterocycles. The van der Waals surface area contributed by atoms with Crippen molar-refractivity contribution in [2.45, 2.75) is 50.5 Å². The molecule has 4 aromatic rings. The standard InChI is InChI=1S/C34H34F3NO4/c35-34(36,37)33(39)42-38-20-19-31(32(23-38)41-24-26-13-14-27-11-4-5-12-29(27)22-26)28-15-17-30(18-16-28)40-21-7-6-10-25-8-2-1-3-9-25/h1-5,8-9,11-18,22,31-32H,6-7,10,19-21,23-24H2. The number of hydrogen-bond acceptors (Lipinski definition) is 5. The van der Waals surface area contributed by atoms with Crippen LogP contribution in [0.2, 0.25) is 0 Å². The molecule has 42 heavy (non-hydrogen) atoms. The van der Waals surface area contributed by atoms with E-state index in [0.717, 1.165) is 52.0 Å². The highest BCUT2D eigenvalue weighted by Crippen LogP contribution is 2.33. The van der Waals surface area contributed by atoms with Crippen molar-refractivity contribution in [2.24, 2.45) is 0 Å². The zero-order chi connectivity index (χ0) is 29.4. The number of halogens is 3. The van der Waals surface area contributed by atoms with Crippen LogP contribution in [-0.2, 0) is 27.4 Å². The first-order valence-electron chi connectivity index (χ1n) is 14.3. The Labute approximate surface area is 243 Å². The molecule has 5 nitrogen and oxygen atoms in total. The Morgan fingerprint density at radius 3 is 2.33 bits per heavy atom. The molecule has 1 fully saturated rings. The van der Waals surface area contributed by atoms with E-state index >= 15 is 0 Å². The van der Waals surface area contributed by atoms with E-state index < -0.39 is 18.2 Å². The quantitative estimate of drug-likeness (QED) is 0.172. The lowest BCUT2D eigenvalue weighted by molar-refractivity contribution is -0.248. The molecule has 1 aliphatic heterocycles. The van der Waals surface area contributed by atoms with Crippen LogP contribution < -0.4 is 4.74 Å². The van der Waals surface area contributed by atoms with Crippen LogP contribution in [-0.4, -0.2) is 43.0 Å². The summed E-state index contributed by atoms with van der Waals surface area (Å²) in [4.78, 5) is 16.1. The molecule has 0 spiro atoms. The lowest BCUT2D eigenvalue weighted by Gasteiger charge is -2.37. The van der Waals surface area contributed by atoms with E-state index in [-0.39, 0.29) is 25.6 Å². The average Bonchev–Trinajstić information content (AvgIpc) is 3.00. The van der Waals surface area contributed by atoms with E-state index in [2.05, 4.69) is 17.0 Å². The molecule has 220 valence electrons. The maximum absolute atomic E-state index is 12.8. The molecule has 0 amide bonds. The van der Waals surface area contributed by atoms with E-state index in [0.29, 0.717) is 13.0 Å². The number of carbonyl (C=O) groups excluding carboxylic acids is 1. The van der Waals surface area contributed by atoms with Crippen molar-refractivity contribution in [1.29, 1.82) is 0 Å². The Balaban J connectivity index is 1.20. The molecule has 8 heteroatoms. The van der Waals surface area contributed by atoms with Gasteiger partial charge in [-0.25, -0.2) is 4.79 Å². The third-order valence-corrected chi connectivity index (χ3v) is 7.52. The third kappa shape index (κ3) is 8.11. The molecule has 1 saturated heterocycles. The maximum atomic E-state index is 12.8. The molecule has 0 bridgehead atoms. The zero-order valence-corrected chi connectivity index (χ0v) is 23.3. The van der Waals surface area contributed by atoms with Gasteiger partial charge >= 0.3 is 12.1 Å².